The van der Waals surface area contributed by atoms with Crippen LogP contribution in [-0.4, -0.2) is 28.5 Å². The molecule has 0 bridgehead atoms. The van der Waals surface area contributed by atoms with E-state index in [1.807, 2.05) is 29.9 Å². The van der Waals surface area contributed by atoms with Gasteiger partial charge in [-0.15, -0.1) is 0 Å². The minimum Gasteiger partial charge on any atom is -0.488 e. The van der Waals surface area contributed by atoms with Crippen LogP contribution in [0.4, 0.5) is 4.79 Å². The second-order valence-corrected chi connectivity index (χ2v) is 6.32. The minimum absolute atomic E-state index is 0.000975. The second-order valence-electron chi connectivity index (χ2n) is 6.32. The third-order valence-corrected chi connectivity index (χ3v) is 4.66. The van der Waals surface area contributed by atoms with Crippen molar-refractivity contribution in [1.82, 2.24) is 20.4 Å². The van der Waals surface area contributed by atoms with Crippen molar-refractivity contribution in [1.29, 1.82) is 0 Å². The number of nitrogens with one attached hydrogen (secondary N) is 2. The minimum atomic E-state index is -0.174. The molecule has 25 heavy (non-hydrogen) atoms. The van der Waals surface area contributed by atoms with Gasteiger partial charge in [0.15, 0.2) is 0 Å². The number of rotatable bonds is 6. The summed E-state index contributed by atoms with van der Waals surface area (Å²) < 4.78 is 7.75. The van der Waals surface area contributed by atoms with E-state index < -0.39 is 0 Å². The highest BCUT2D eigenvalue weighted by Crippen LogP contribution is 2.27. The summed E-state index contributed by atoms with van der Waals surface area (Å²) >= 11 is 0. The molecule has 2 aromatic rings. The summed E-state index contributed by atoms with van der Waals surface area (Å²) in [5.74, 6) is 0.922. The molecular formula is C19H26N4O2. The van der Waals surface area contributed by atoms with Gasteiger partial charge in [0.1, 0.15) is 11.9 Å². The lowest BCUT2D eigenvalue weighted by molar-refractivity contribution is 0.213. The second kappa shape index (κ2) is 7.59. The molecule has 1 aliphatic heterocycles. The summed E-state index contributed by atoms with van der Waals surface area (Å²) in [5, 5.41) is 10.4. The average Bonchev–Trinajstić information content (AvgIpc) is 3.17. The number of urea groups is 1. The Labute approximate surface area is 148 Å². The molecule has 6 nitrogen and oxygen atoms in total. The van der Waals surface area contributed by atoms with E-state index in [0.717, 1.165) is 36.3 Å². The zero-order valence-electron chi connectivity index (χ0n) is 15.1. The Morgan fingerprint density at radius 2 is 2.08 bits per heavy atom. The van der Waals surface area contributed by atoms with Gasteiger partial charge in [0.05, 0.1) is 12.2 Å². The Bertz CT molecular complexity index is 729. The number of fused-ring (bicyclic) bond motifs is 1. The number of benzene rings is 1. The number of nitrogens with zero attached hydrogens (tertiary/aromatic N) is 2. The first-order chi connectivity index (χ1) is 12.1. The molecule has 2 N–H and O–H groups in total. The fraction of sp³-hybridized carbons (Fsp3) is 0.474. The maximum Gasteiger partial charge on any atom is 0.315 e. The molecule has 0 spiro atoms. The first kappa shape index (κ1) is 17.3. The summed E-state index contributed by atoms with van der Waals surface area (Å²) in [6, 6.07) is 7.83. The topological polar surface area (TPSA) is 68.2 Å². The van der Waals surface area contributed by atoms with Crippen molar-refractivity contribution in [3.63, 3.8) is 0 Å². The van der Waals surface area contributed by atoms with Crippen LogP contribution >= 0.6 is 0 Å². The van der Waals surface area contributed by atoms with Gasteiger partial charge in [0.2, 0.25) is 0 Å². The van der Waals surface area contributed by atoms with E-state index in [1.165, 1.54) is 11.3 Å². The standard InChI is InChI=1S/C19H26N4O2/c1-4-16-15(17(5-2)23(3)22-16)12-21-19(24)20-11-14-10-13-8-6-7-9-18(13)25-14/h6-9,14H,4-5,10-12H2,1-3H3,(H2,20,21,24)/t14-/m1/s1. The molecule has 0 aliphatic carbocycles. The SMILES string of the molecule is CCc1nn(C)c(CC)c1CNC(=O)NC[C@H]1Cc2ccccc2O1. The maximum atomic E-state index is 12.1. The maximum absolute atomic E-state index is 12.1. The fourth-order valence-electron chi connectivity index (χ4n) is 3.40. The lowest BCUT2D eigenvalue weighted by Crippen LogP contribution is -2.40. The molecule has 0 saturated carbocycles. The van der Waals surface area contributed by atoms with E-state index in [-0.39, 0.29) is 12.1 Å². The molecular weight excluding hydrogens is 316 g/mol. The van der Waals surface area contributed by atoms with Crippen molar-refractivity contribution in [2.24, 2.45) is 7.05 Å². The number of hydrogen-bond acceptors (Lipinski definition) is 3. The number of aryl methyl sites for hydroxylation is 2. The van der Waals surface area contributed by atoms with Gasteiger partial charge in [-0.2, -0.15) is 5.10 Å². The molecule has 1 atom stereocenters. The molecule has 2 heterocycles. The van der Waals surface area contributed by atoms with Gasteiger partial charge in [-0.1, -0.05) is 32.0 Å². The monoisotopic (exact) mass is 342 g/mol. The van der Waals surface area contributed by atoms with Crippen molar-refractivity contribution in [3.8, 4) is 5.75 Å². The highest BCUT2D eigenvalue weighted by Gasteiger charge is 2.22. The highest BCUT2D eigenvalue weighted by atomic mass is 16.5. The van der Waals surface area contributed by atoms with Crippen LogP contribution in [0.15, 0.2) is 24.3 Å². The Morgan fingerprint density at radius 3 is 2.80 bits per heavy atom. The Hall–Kier alpha value is -2.50. The van der Waals surface area contributed by atoms with E-state index in [9.17, 15) is 4.79 Å². The Morgan fingerprint density at radius 1 is 1.28 bits per heavy atom. The predicted molar refractivity (Wildman–Crippen MR) is 96.8 cm³/mol. The van der Waals surface area contributed by atoms with Crippen molar-refractivity contribution < 1.29 is 9.53 Å². The quantitative estimate of drug-likeness (QED) is 0.847. The fourth-order valence-corrected chi connectivity index (χ4v) is 3.40. The van der Waals surface area contributed by atoms with Gasteiger partial charge in [-0.25, -0.2) is 4.79 Å². The van der Waals surface area contributed by atoms with Crippen molar-refractivity contribution in [2.45, 2.75) is 45.8 Å². The van der Waals surface area contributed by atoms with E-state index in [4.69, 9.17) is 4.74 Å². The highest BCUT2D eigenvalue weighted by molar-refractivity contribution is 5.73. The molecule has 1 aliphatic rings. The zero-order chi connectivity index (χ0) is 17.8. The van der Waals surface area contributed by atoms with Crippen LogP contribution in [-0.2, 0) is 32.9 Å². The molecule has 134 valence electrons. The molecule has 1 aromatic carbocycles. The molecule has 0 radical (unpaired) electrons. The van der Waals surface area contributed by atoms with Gasteiger partial charge in [0.25, 0.3) is 0 Å². The molecule has 2 amide bonds. The van der Waals surface area contributed by atoms with Crippen LogP contribution in [0.5, 0.6) is 5.75 Å². The summed E-state index contributed by atoms with van der Waals surface area (Å²) in [6.45, 7) is 5.18. The van der Waals surface area contributed by atoms with Gasteiger partial charge in [0, 0.05) is 31.3 Å². The number of para-hydroxylation sites is 1. The third-order valence-electron chi connectivity index (χ3n) is 4.66. The largest absolute Gasteiger partial charge is 0.488 e. The third kappa shape index (κ3) is 3.78. The van der Waals surface area contributed by atoms with Crippen LogP contribution in [0.2, 0.25) is 0 Å². The number of carbonyl (C=O) groups is 1. The van der Waals surface area contributed by atoms with Gasteiger partial charge in [-0.3, -0.25) is 4.68 Å². The Balaban J connectivity index is 1.50. The number of carbonyl (C=O) groups excluding carboxylic acids is 1. The van der Waals surface area contributed by atoms with Crippen LogP contribution in [0.25, 0.3) is 0 Å². The Kier molecular flexibility index (Phi) is 5.26. The normalized spacial score (nSPS) is 15.6. The van der Waals surface area contributed by atoms with Crippen LogP contribution in [0, 0.1) is 0 Å². The molecule has 1 aromatic heterocycles. The van der Waals surface area contributed by atoms with Crippen LogP contribution < -0.4 is 15.4 Å². The molecule has 0 fully saturated rings. The van der Waals surface area contributed by atoms with Gasteiger partial charge < -0.3 is 15.4 Å². The summed E-state index contributed by atoms with van der Waals surface area (Å²) in [4.78, 5) is 12.1. The van der Waals surface area contributed by atoms with E-state index in [0.29, 0.717) is 13.1 Å². The first-order valence-electron chi connectivity index (χ1n) is 8.92. The summed E-state index contributed by atoms with van der Waals surface area (Å²) in [6.07, 6.45) is 2.59. The molecule has 6 heteroatoms. The number of aromatic nitrogens is 2. The molecule has 0 unspecified atom stereocenters. The number of amides is 2. The van der Waals surface area contributed by atoms with Crippen molar-refractivity contribution >= 4 is 6.03 Å². The predicted octanol–water partition coefficient (Wildman–Crippen LogP) is 2.35. The van der Waals surface area contributed by atoms with E-state index >= 15 is 0 Å². The number of ether oxygens (including phenoxy) is 1. The lowest BCUT2D eigenvalue weighted by Gasteiger charge is -2.13. The smallest absolute Gasteiger partial charge is 0.315 e. The van der Waals surface area contributed by atoms with Crippen molar-refractivity contribution in [2.75, 3.05) is 6.54 Å². The van der Waals surface area contributed by atoms with Gasteiger partial charge in [-0.05, 0) is 24.5 Å². The van der Waals surface area contributed by atoms with Gasteiger partial charge >= 0.3 is 6.03 Å². The van der Waals surface area contributed by atoms with Crippen LogP contribution in [0.3, 0.4) is 0 Å². The van der Waals surface area contributed by atoms with E-state index in [2.05, 4.69) is 35.6 Å². The summed E-state index contributed by atoms with van der Waals surface area (Å²) in [7, 11) is 1.96. The first-order valence-corrected chi connectivity index (χ1v) is 8.92. The number of hydrogen-bond donors (Lipinski definition) is 2. The van der Waals surface area contributed by atoms with E-state index in [1.54, 1.807) is 0 Å². The molecule has 3 rings (SSSR count). The molecule has 0 saturated heterocycles. The zero-order valence-corrected chi connectivity index (χ0v) is 15.1. The average molecular weight is 342 g/mol. The summed E-state index contributed by atoms with van der Waals surface area (Å²) in [5.41, 5.74) is 4.55. The van der Waals surface area contributed by atoms with Crippen LogP contribution in [0.1, 0.15) is 36.4 Å². The van der Waals surface area contributed by atoms with Crippen molar-refractivity contribution in [3.05, 3.63) is 46.8 Å². The lowest BCUT2D eigenvalue weighted by atomic mass is 10.1.